The van der Waals surface area contributed by atoms with Gasteiger partial charge in [-0.1, -0.05) is 0 Å². The van der Waals surface area contributed by atoms with Crippen LogP contribution in [0, 0.1) is 0 Å². The second-order valence-electron chi connectivity index (χ2n) is 8.25. The molecule has 2 aliphatic heterocycles. The third-order valence-electron chi connectivity index (χ3n) is 5.69. The van der Waals surface area contributed by atoms with E-state index in [1.807, 2.05) is 0 Å². The van der Waals surface area contributed by atoms with Gasteiger partial charge in [0.25, 0.3) is 0 Å². The van der Waals surface area contributed by atoms with Crippen LogP contribution in [0.25, 0.3) is 11.2 Å². The molecule has 0 saturated carbocycles. The smallest absolute Gasteiger partial charge is 0.394 e. The Morgan fingerprint density at radius 1 is 1.08 bits per heavy atom. The van der Waals surface area contributed by atoms with Crippen LogP contribution in [0.3, 0.4) is 0 Å². The number of nitrogen functional groups attached to an aromatic ring is 1. The Bertz CT molecular complexity index is 1230. The van der Waals surface area contributed by atoms with Gasteiger partial charge in [0.15, 0.2) is 24.0 Å². The Morgan fingerprint density at radius 2 is 1.79 bits per heavy atom. The highest BCUT2D eigenvalue weighted by Crippen LogP contribution is 2.61. The molecule has 10 N–H and O–H groups in total. The number of rotatable bonds is 9. The van der Waals surface area contributed by atoms with Gasteiger partial charge in [-0.25, -0.2) is 24.1 Å². The van der Waals surface area contributed by atoms with Crippen LogP contribution >= 0.6 is 15.6 Å². The van der Waals surface area contributed by atoms with Gasteiger partial charge in [0.2, 0.25) is 0 Å². The second kappa shape index (κ2) is 11.0. The van der Waals surface area contributed by atoms with Crippen LogP contribution in [0.4, 0.5) is 5.82 Å². The van der Waals surface area contributed by atoms with E-state index >= 15 is 0 Å². The molecule has 2 fully saturated rings. The number of fused-ring (bicyclic) bond motifs is 1. The van der Waals surface area contributed by atoms with E-state index in [-0.39, 0.29) is 17.0 Å². The van der Waals surface area contributed by atoms with Crippen LogP contribution in [0.1, 0.15) is 6.23 Å². The number of hydrogen-bond donors (Lipinski definition) is 9. The summed E-state index contributed by atoms with van der Waals surface area (Å²) < 4.78 is 49.3. The van der Waals surface area contributed by atoms with Crippen LogP contribution in [0.5, 0.6) is 0 Å². The fourth-order valence-corrected chi connectivity index (χ4v) is 5.94. The van der Waals surface area contributed by atoms with Crippen molar-refractivity contribution in [3.63, 3.8) is 0 Å². The van der Waals surface area contributed by atoms with E-state index in [9.17, 15) is 44.4 Å². The summed E-state index contributed by atoms with van der Waals surface area (Å²) >= 11 is 0. The van der Waals surface area contributed by atoms with Crippen molar-refractivity contribution in [2.45, 2.75) is 55.2 Å². The van der Waals surface area contributed by atoms with E-state index in [1.165, 1.54) is 10.9 Å². The lowest BCUT2D eigenvalue weighted by molar-refractivity contribution is -0.280. The van der Waals surface area contributed by atoms with Crippen LogP contribution in [-0.4, -0.2) is 122 Å². The molecule has 4 rings (SSSR count). The Balaban J connectivity index is 1.38. The minimum atomic E-state index is -5.56. The third-order valence-corrected chi connectivity index (χ3v) is 8.29. The third kappa shape index (κ3) is 5.89. The highest BCUT2D eigenvalue weighted by atomic mass is 31.3. The number of aromatic nitrogens is 4. The summed E-state index contributed by atoms with van der Waals surface area (Å²) in [7, 11) is -11.0. The molecule has 2 unspecified atom stereocenters. The lowest BCUT2D eigenvalue weighted by Crippen LogP contribution is -2.58. The zero-order valence-electron chi connectivity index (χ0n) is 19.0. The molecule has 0 amide bonds. The molecule has 2 aromatic rings. The number of anilines is 1. The molecule has 0 radical (unpaired) electrons. The van der Waals surface area contributed by atoms with E-state index in [4.69, 9.17) is 20.3 Å². The van der Waals surface area contributed by atoms with E-state index in [2.05, 4.69) is 28.3 Å². The molecule has 0 aliphatic carbocycles. The predicted molar refractivity (Wildman–Crippen MR) is 117 cm³/mol. The summed E-state index contributed by atoms with van der Waals surface area (Å²) in [4.78, 5) is 31.5. The van der Waals surface area contributed by atoms with E-state index in [1.54, 1.807) is 0 Å². The fraction of sp³-hybridized carbons (Fsp3) is 0.688. The summed E-state index contributed by atoms with van der Waals surface area (Å²) in [6.45, 7) is -1.82. The number of imidazole rings is 1. The molecule has 0 bridgehead atoms. The number of aliphatic hydroxyl groups excluding tert-OH is 6. The molecule has 38 heavy (non-hydrogen) atoms. The lowest BCUT2D eigenvalue weighted by Gasteiger charge is -2.39. The molecule has 0 aromatic carbocycles. The molecule has 4 heterocycles. The number of nitrogens with two attached hydrogens (primary N) is 1. The number of aliphatic hydroxyl groups is 6. The number of phosphoric ester groups is 2. The largest absolute Gasteiger partial charge is 0.483 e. The molecule has 214 valence electrons. The van der Waals surface area contributed by atoms with Crippen molar-refractivity contribution >= 4 is 32.6 Å². The van der Waals surface area contributed by atoms with Crippen LogP contribution in [0.2, 0.25) is 0 Å². The number of ether oxygens (including phenoxy) is 2. The van der Waals surface area contributed by atoms with Gasteiger partial charge in [-0.05, 0) is 0 Å². The first kappa shape index (κ1) is 29.3. The minimum absolute atomic E-state index is 0.0411. The highest BCUT2D eigenvalue weighted by Gasteiger charge is 2.49. The van der Waals surface area contributed by atoms with Crippen LogP contribution in [0.15, 0.2) is 12.7 Å². The van der Waals surface area contributed by atoms with Crippen LogP contribution in [-0.2, 0) is 32.0 Å². The van der Waals surface area contributed by atoms with E-state index in [0.29, 0.717) is 0 Å². The monoisotopic (exact) mass is 601 g/mol. The minimum Gasteiger partial charge on any atom is -0.394 e. The van der Waals surface area contributed by atoms with Gasteiger partial charge in [0.1, 0.15) is 54.6 Å². The van der Waals surface area contributed by atoms with Crippen molar-refractivity contribution in [2.75, 3.05) is 18.9 Å². The first-order valence-corrected chi connectivity index (χ1v) is 13.7. The molecule has 11 atom stereocenters. The average molecular weight is 601 g/mol. The van der Waals surface area contributed by atoms with E-state index < -0.39 is 84.1 Å². The van der Waals surface area contributed by atoms with Gasteiger partial charge < -0.3 is 55.6 Å². The van der Waals surface area contributed by atoms with Crippen molar-refractivity contribution < 1.29 is 72.4 Å². The normalized spacial score (nSPS) is 37.2. The van der Waals surface area contributed by atoms with Crippen molar-refractivity contribution in [1.29, 1.82) is 0 Å². The molecule has 22 heteroatoms. The Kier molecular flexibility index (Phi) is 8.51. The number of hydrogen-bond acceptors (Lipinski definition) is 17. The van der Waals surface area contributed by atoms with Gasteiger partial charge in [0.05, 0.1) is 19.5 Å². The highest BCUT2D eigenvalue weighted by molar-refractivity contribution is 7.61. The van der Waals surface area contributed by atoms with E-state index in [0.717, 1.165) is 6.33 Å². The van der Waals surface area contributed by atoms with Gasteiger partial charge in [0, 0.05) is 0 Å². The Labute approximate surface area is 212 Å². The molecule has 0 spiro atoms. The maximum atomic E-state index is 12.3. The zero-order chi connectivity index (χ0) is 28.0. The predicted octanol–water partition coefficient (Wildman–Crippen LogP) is -3.92. The van der Waals surface area contributed by atoms with Gasteiger partial charge >= 0.3 is 15.6 Å². The topological polar surface area (TPSA) is 312 Å². The maximum absolute atomic E-state index is 12.3. The fourth-order valence-electron chi connectivity index (χ4n) is 3.78. The summed E-state index contributed by atoms with van der Waals surface area (Å²) in [5.41, 5.74) is 6.05. The van der Waals surface area contributed by atoms with Crippen LogP contribution < -0.4 is 5.73 Å². The Hall–Kier alpha value is -1.71. The first-order valence-electron chi connectivity index (χ1n) is 10.7. The van der Waals surface area contributed by atoms with Gasteiger partial charge in [-0.2, -0.15) is 4.31 Å². The Morgan fingerprint density at radius 3 is 2.47 bits per heavy atom. The molecule has 20 nitrogen and oxygen atoms in total. The molecular formula is C16H25N5O15P2. The molecular weight excluding hydrogens is 576 g/mol. The summed E-state index contributed by atoms with van der Waals surface area (Å²) in [6.07, 6.45) is -13.3. The second-order valence-corrected chi connectivity index (χ2v) is 11.2. The molecule has 2 aliphatic rings. The average Bonchev–Trinajstić information content (AvgIpc) is 3.39. The quantitative estimate of drug-likeness (QED) is 0.124. The standard InChI is InChI=1S/C16H25N5O15P2/c17-13-7-14(19-3-18-13)21(4-20-7)15-11(26)9(24)6(33-15)2-32-37(28,29)36-38(30,31)35-16-12(27)10(25)8(23)5(1-22)34-16/h3-6,8-12,15-16,22-27H,1-2H2,(H,28,29)(H,30,31)(H2,17,18,19)/t5-,6-,8-,9-,10+,11-,12-,15-,16-/m1/s1/i1+2,5+2,8+2,10+2,12+2,16+2. The summed E-state index contributed by atoms with van der Waals surface area (Å²) in [6, 6.07) is 0. The summed E-state index contributed by atoms with van der Waals surface area (Å²) in [5.74, 6) is 0.0411. The zero-order valence-corrected chi connectivity index (χ0v) is 20.7. The lowest BCUT2D eigenvalue weighted by atomic mass is 10.1. The van der Waals surface area contributed by atoms with Crippen molar-refractivity contribution in [3.05, 3.63) is 12.7 Å². The SMILES string of the molecule is Nc1ncnc2c1ncn2[C@@H]1O[C@H](COP(=O)(O)OP(=O)(O)O[14C@H]2O[14C@H]([14CH2]O)[14C@@H](O)[14C@H](O)[14C@H]2O)[C@@H](O)[C@H]1O. The van der Waals surface area contributed by atoms with Crippen molar-refractivity contribution in [2.24, 2.45) is 0 Å². The molecule has 2 aromatic heterocycles. The maximum Gasteiger partial charge on any atom is 0.483 e. The first-order chi connectivity index (χ1) is 17.7. The number of phosphoric acid groups is 2. The van der Waals surface area contributed by atoms with Crippen molar-refractivity contribution in [3.8, 4) is 0 Å². The summed E-state index contributed by atoms with van der Waals surface area (Å²) in [5, 5.41) is 59.2. The molecule has 2 saturated heterocycles. The van der Waals surface area contributed by atoms with Gasteiger partial charge in [-0.15, -0.1) is 0 Å². The number of nitrogens with zero attached hydrogens (tertiary/aromatic N) is 4. The van der Waals surface area contributed by atoms with Crippen molar-refractivity contribution in [1.82, 2.24) is 19.5 Å². The van der Waals surface area contributed by atoms with Gasteiger partial charge in [-0.3, -0.25) is 13.6 Å².